The van der Waals surface area contributed by atoms with Crippen molar-refractivity contribution in [2.75, 3.05) is 30.5 Å². The molecule has 3 aromatic rings. The van der Waals surface area contributed by atoms with Gasteiger partial charge in [0.15, 0.2) is 0 Å². The standard InChI is InChI=1S/C23H23N3O4/c1-15-12-21(16(2)26(15)19-8-5-9-20(14-19)29-3)22(27)24-17-6-4-7-18(13-17)25-10-11-30-23(25)28/h4-9,12-14H,10-11H2,1-3H3,(H,24,27). The van der Waals surface area contributed by atoms with Gasteiger partial charge in [0.2, 0.25) is 0 Å². The first-order chi connectivity index (χ1) is 14.5. The van der Waals surface area contributed by atoms with Gasteiger partial charge in [0.1, 0.15) is 12.4 Å². The van der Waals surface area contributed by atoms with Gasteiger partial charge in [0, 0.05) is 34.5 Å². The summed E-state index contributed by atoms with van der Waals surface area (Å²) in [6.45, 7) is 4.74. The van der Waals surface area contributed by atoms with Crippen LogP contribution in [0.3, 0.4) is 0 Å². The Morgan fingerprint density at radius 3 is 2.57 bits per heavy atom. The van der Waals surface area contributed by atoms with Gasteiger partial charge in [0.25, 0.3) is 5.91 Å². The smallest absolute Gasteiger partial charge is 0.414 e. The number of methoxy groups -OCH3 is 1. The van der Waals surface area contributed by atoms with Crippen LogP contribution in [0.5, 0.6) is 5.75 Å². The first-order valence-electron chi connectivity index (χ1n) is 9.67. The van der Waals surface area contributed by atoms with E-state index in [4.69, 9.17) is 9.47 Å². The molecule has 1 aliphatic heterocycles. The van der Waals surface area contributed by atoms with Crippen LogP contribution in [-0.4, -0.2) is 36.8 Å². The van der Waals surface area contributed by atoms with Crippen LogP contribution in [0.2, 0.25) is 0 Å². The van der Waals surface area contributed by atoms with Crippen molar-refractivity contribution in [2.45, 2.75) is 13.8 Å². The van der Waals surface area contributed by atoms with Crippen LogP contribution in [-0.2, 0) is 4.74 Å². The highest BCUT2D eigenvalue weighted by atomic mass is 16.6. The minimum Gasteiger partial charge on any atom is -0.497 e. The van der Waals surface area contributed by atoms with E-state index in [1.54, 1.807) is 30.2 Å². The number of rotatable bonds is 5. The highest BCUT2D eigenvalue weighted by Crippen LogP contribution is 2.26. The van der Waals surface area contributed by atoms with Crippen molar-refractivity contribution in [3.8, 4) is 11.4 Å². The number of carbonyl (C=O) groups excluding carboxylic acids is 2. The van der Waals surface area contributed by atoms with Crippen molar-refractivity contribution in [2.24, 2.45) is 0 Å². The number of benzene rings is 2. The lowest BCUT2D eigenvalue weighted by Gasteiger charge is -2.14. The average Bonchev–Trinajstić information content (AvgIpc) is 3.30. The van der Waals surface area contributed by atoms with Crippen LogP contribution in [0.4, 0.5) is 16.2 Å². The molecule has 1 aliphatic rings. The van der Waals surface area contributed by atoms with Crippen molar-refractivity contribution in [3.05, 3.63) is 71.5 Å². The molecule has 0 atom stereocenters. The largest absolute Gasteiger partial charge is 0.497 e. The SMILES string of the molecule is COc1cccc(-n2c(C)cc(C(=O)Nc3cccc(N4CCOC4=O)c3)c2C)c1. The molecule has 7 nitrogen and oxygen atoms in total. The Balaban J connectivity index is 1.60. The Morgan fingerprint density at radius 2 is 1.83 bits per heavy atom. The van der Waals surface area contributed by atoms with Crippen molar-refractivity contribution in [3.63, 3.8) is 0 Å². The molecule has 2 amide bonds. The van der Waals surface area contributed by atoms with Crippen LogP contribution in [0.1, 0.15) is 21.7 Å². The maximum atomic E-state index is 13.0. The van der Waals surface area contributed by atoms with Crippen LogP contribution < -0.4 is 15.0 Å². The minimum absolute atomic E-state index is 0.210. The van der Waals surface area contributed by atoms with Gasteiger partial charge in [-0.2, -0.15) is 0 Å². The van der Waals surface area contributed by atoms with Gasteiger partial charge in [-0.05, 0) is 50.2 Å². The van der Waals surface area contributed by atoms with E-state index >= 15 is 0 Å². The number of anilines is 2. The predicted octanol–water partition coefficient (Wildman–Crippen LogP) is 4.31. The number of nitrogens with one attached hydrogen (secondary N) is 1. The molecule has 1 aromatic heterocycles. The third kappa shape index (κ3) is 3.61. The van der Waals surface area contributed by atoms with E-state index in [0.717, 1.165) is 22.8 Å². The molecule has 0 radical (unpaired) electrons. The zero-order chi connectivity index (χ0) is 21.3. The molecule has 2 heterocycles. The van der Waals surface area contributed by atoms with Crippen molar-refractivity contribution in [1.29, 1.82) is 0 Å². The van der Waals surface area contributed by atoms with Crippen molar-refractivity contribution in [1.82, 2.24) is 4.57 Å². The molecule has 154 valence electrons. The monoisotopic (exact) mass is 405 g/mol. The maximum absolute atomic E-state index is 13.0. The Bertz CT molecular complexity index is 1120. The van der Waals surface area contributed by atoms with E-state index in [9.17, 15) is 9.59 Å². The molecule has 0 saturated carbocycles. The van der Waals surface area contributed by atoms with Crippen molar-refractivity contribution < 1.29 is 19.1 Å². The summed E-state index contributed by atoms with van der Waals surface area (Å²) in [5.74, 6) is 0.543. The Morgan fingerprint density at radius 1 is 1.07 bits per heavy atom. The van der Waals surface area contributed by atoms with E-state index in [-0.39, 0.29) is 12.0 Å². The zero-order valence-corrected chi connectivity index (χ0v) is 17.1. The fourth-order valence-electron chi connectivity index (χ4n) is 3.72. The van der Waals surface area contributed by atoms with Gasteiger partial charge in [-0.25, -0.2) is 4.79 Å². The highest BCUT2D eigenvalue weighted by molar-refractivity contribution is 6.06. The van der Waals surface area contributed by atoms with Crippen LogP contribution in [0.15, 0.2) is 54.6 Å². The highest BCUT2D eigenvalue weighted by Gasteiger charge is 2.24. The number of amides is 2. The average molecular weight is 405 g/mol. The number of cyclic esters (lactones) is 1. The summed E-state index contributed by atoms with van der Waals surface area (Å²) < 4.78 is 12.3. The van der Waals surface area contributed by atoms with E-state index in [1.165, 1.54) is 0 Å². The summed E-state index contributed by atoms with van der Waals surface area (Å²) in [6.07, 6.45) is -0.375. The third-order valence-corrected chi connectivity index (χ3v) is 5.16. The lowest BCUT2D eigenvalue weighted by Crippen LogP contribution is -2.23. The fraction of sp³-hybridized carbons (Fsp3) is 0.217. The van der Waals surface area contributed by atoms with Gasteiger partial charge in [-0.3, -0.25) is 9.69 Å². The van der Waals surface area contributed by atoms with Crippen LogP contribution in [0.25, 0.3) is 5.69 Å². The summed E-state index contributed by atoms with van der Waals surface area (Å²) in [7, 11) is 1.63. The Labute approximate surface area is 174 Å². The molecule has 0 unspecified atom stereocenters. The van der Waals surface area contributed by atoms with E-state index in [2.05, 4.69) is 5.32 Å². The molecule has 1 N–H and O–H groups in total. The summed E-state index contributed by atoms with van der Waals surface area (Å²) in [4.78, 5) is 26.3. The van der Waals surface area contributed by atoms with Crippen molar-refractivity contribution >= 4 is 23.4 Å². The molecule has 2 aromatic carbocycles. The first kappa shape index (κ1) is 19.6. The summed E-state index contributed by atoms with van der Waals surface area (Å²) in [6, 6.07) is 16.8. The lowest BCUT2D eigenvalue weighted by atomic mass is 10.2. The maximum Gasteiger partial charge on any atom is 0.414 e. The second-order valence-electron chi connectivity index (χ2n) is 7.09. The number of ether oxygens (including phenoxy) is 2. The summed E-state index contributed by atoms with van der Waals surface area (Å²) in [5, 5.41) is 2.94. The number of hydrogen-bond donors (Lipinski definition) is 1. The number of aromatic nitrogens is 1. The molecule has 1 fully saturated rings. The number of nitrogens with zero attached hydrogens (tertiary/aromatic N) is 2. The molecule has 7 heteroatoms. The summed E-state index contributed by atoms with van der Waals surface area (Å²) in [5.41, 5.74) is 4.59. The zero-order valence-electron chi connectivity index (χ0n) is 17.1. The fourth-order valence-corrected chi connectivity index (χ4v) is 3.72. The predicted molar refractivity (Wildman–Crippen MR) is 115 cm³/mol. The Kier molecular flexibility index (Phi) is 5.18. The van der Waals surface area contributed by atoms with Gasteiger partial charge >= 0.3 is 6.09 Å². The molecule has 0 spiro atoms. The molecule has 0 bridgehead atoms. The van der Waals surface area contributed by atoms with Crippen LogP contribution in [0, 0.1) is 13.8 Å². The minimum atomic E-state index is -0.375. The van der Waals surface area contributed by atoms with E-state index in [0.29, 0.717) is 30.1 Å². The van der Waals surface area contributed by atoms with E-state index < -0.39 is 0 Å². The van der Waals surface area contributed by atoms with Gasteiger partial charge in [0.05, 0.1) is 19.2 Å². The molecular weight excluding hydrogens is 382 g/mol. The molecule has 1 saturated heterocycles. The molecule has 30 heavy (non-hydrogen) atoms. The Hall–Kier alpha value is -3.74. The molecule has 0 aliphatic carbocycles. The molecule has 4 rings (SSSR count). The topological polar surface area (TPSA) is 72.8 Å². The first-order valence-corrected chi connectivity index (χ1v) is 9.67. The van der Waals surface area contributed by atoms with Gasteiger partial charge < -0.3 is 19.4 Å². The molecular formula is C23H23N3O4. The number of carbonyl (C=O) groups is 2. The lowest BCUT2D eigenvalue weighted by molar-refractivity contribution is 0.102. The second kappa shape index (κ2) is 7.94. The summed E-state index contributed by atoms with van der Waals surface area (Å²) >= 11 is 0. The second-order valence-corrected chi connectivity index (χ2v) is 7.09. The van der Waals surface area contributed by atoms with E-state index in [1.807, 2.05) is 54.8 Å². The normalized spacial score (nSPS) is 13.3. The van der Waals surface area contributed by atoms with Gasteiger partial charge in [-0.15, -0.1) is 0 Å². The number of hydrogen-bond acceptors (Lipinski definition) is 4. The van der Waals surface area contributed by atoms with Crippen LogP contribution >= 0.6 is 0 Å². The quantitative estimate of drug-likeness (QED) is 0.686. The third-order valence-electron chi connectivity index (χ3n) is 5.16. The van der Waals surface area contributed by atoms with Gasteiger partial charge in [-0.1, -0.05) is 12.1 Å². The number of aryl methyl sites for hydroxylation is 1.